The number of carbonyl (C=O) groups excluding carboxylic acids is 2. The van der Waals surface area contributed by atoms with Gasteiger partial charge in [-0.3, -0.25) is 9.59 Å². The summed E-state index contributed by atoms with van der Waals surface area (Å²) in [5.74, 6) is 4.23. The highest BCUT2D eigenvalue weighted by atomic mass is 19.3. The summed E-state index contributed by atoms with van der Waals surface area (Å²) in [7, 11) is 0. The van der Waals surface area contributed by atoms with Crippen molar-refractivity contribution in [2.75, 3.05) is 13.2 Å². The molecule has 0 aliphatic carbocycles. The van der Waals surface area contributed by atoms with E-state index < -0.39 is 18.2 Å². The Morgan fingerprint density at radius 3 is 1.58 bits per heavy atom. The number of carbonyl (C=O) groups is 2. The third-order valence-electron chi connectivity index (χ3n) is 5.96. The molecular weight excluding hydrogens is 633 g/mol. The predicted octanol–water partition coefficient (Wildman–Crippen LogP) is 13.6. The largest absolute Gasteiger partial charge is 0.382 e. The second-order valence-corrected chi connectivity index (χ2v) is 14.0. The van der Waals surface area contributed by atoms with Crippen LogP contribution < -0.4 is 0 Å². The number of alkyl halides is 2. The maximum absolute atomic E-state index is 12.9. The molecule has 50 heavy (non-hydrogen) atoms. The topological polar surface area (TPSA) is 43.4 Å². The van der Waals surface area contributed by atoms with Crippen LogP contribution in [0.4, 0.5) is 13.2 Å². The Bertz CT molecular complexity index is 1030. The maximum atomic E-state index is 12.9. The molecule has 0 saturated carbocycles. The normalized spacial score (nSPS) is 12.8. The van der Waals surface area contributed by atoms with Crippen molar-refractivity contribution in [2.45, 2.75) is 143 Å². The van der Waals surface area contributed by atoms with Crippen molar-refractivity contribution in [1.82, 2.24) is 0 Å². The minimum absolute atomic E-state index is 0.0172. The third-order valence-corrected chi connectivity index (χ3v) is 5.96. The average Bonchev–Trinajstić information content (AvgIpc) is 2.98. The molecule has 0 radical (unpaired) electrons. The van der Waals surface area contributed by atoms with Crippen molar-refractivity contribution in [3.63, 3.8) is 0 Å². The van der Waals surface area contributed by atoms with Gasteiger partial charge in [0.25, 0.3) is 5.92 Å². The van der Waals surface area contributed by atoms with Crippen LogP contribution in [0.5, 0.6) is 0 Å². The molecule has 2 atom stereocenters. The van der Waals surface area contributed by atoms with E-state index in [0.29, 0.717) is 17.6 Å². The van der Waals surface area contributed by atoms with Gasteiger partial charge in [-0.05, 0) is 44.8 Å². The molecule has 0 aromatic carbocycles. The Hall–Kier alpha value is -2.65. The second-order valence-electron chi connectivity index (χ2n) is 14.0. The van der Waals surface area contributed by atoms with Crippen molar-refractivity contribution < 1.29 is 27.5 Å². The first-order chi connectivity index (χ1) is 22.9. The Balaban J connectivity index is -0.000000183. The fourth-order valence-corrected chi connectivity index (χ4v) is 3.67. The molecule has 0 N–H and O–H groups in total. The van der Waals surface area contributed by atoms with Crippen molar-refractivity contribution in [3.8, 4) is 11.8 Å². The molecule has 0 bridgehead atoms. The molecule has 0 spiro atoms. The number of halogens is 3. The third kappa shape index (κ3) is 47.5. The summed E-state index contributed by atoms with van der Waals surface area (Å²) in [6.45, 7) is 38.4. The molecule has 6 heteroatoms. The van der Waals surface area contributed by atoms with Crippen molar-refractivity contribution >= 4 is 11.6 Å². The van der Waals surface area contributed by atoms with Crippen LogP contribution in [0.3, 0.4) is 0 Å². The van der Waals surface area contributed by atoms with Gasteiger partial charge < -0.3 is 4.74 Å². The van der Waals surface area contributed by atoms with E-state index >= 15 is 0 Å². The van der Waals surface area contributed by atoms with Gasteiger partial charge >= 0.3 is 0 Å². The van der Waals surface area contributed by atoms with E-state index in [-0.39, 0.29) is 41.8 Å². The SMILES string of the molecule is C=C(F)/C=C/CC(F)(F)CC(C)C.CC(/C=C/C(C)C)=C\[C@@H](C)C(=O)C(C)C.CC(C)C#C/C=C/C(C)C(=O)C(C)C.CCC.CCOCC. The van der Waals surface area contributed by atoms with Crippen LogP contribution in [-0.4, -0.2) is 30.7 Å². The van der Waals surface area contributed by atoms with Gasteiger partial charge in [0, 0.05) is 55.6 Å². The molecule has 0 aliphatic rings. The zero-order valence-corrected chi connectivity index (χ0v) is 35.2. The lowest BCUT2D eigenvalue weighted by atomic mass is 9.95. The molecular formula is C44H77F3O3. The predicted molar refractivity (Wildman–Crippen MR) is 214 cm³/mol. The fourth-order valence-electron chi connectivity index (χ4n) is 3.67. The van der Waals surface area contributed by atoms with Gasteiger partial charge in [-0.15, -0.1) is 0 Å². The Labute approximate surface area is 308 Å². The molecule has 0 heterocycles. The van der Waals surface area contributed by atoms with Gasteiger partial charge in [-0.25, -0.2) is 13.2 Å². The number of rotatable bonds is 15. The first-order valence-electron chi connectivity index (χ1n) is 18.5. The zero-order valence-electron chi connectivity index (χ0n) is 35.2. The minimum atomic E-state index is -2.74. The average molecular weight is 711 g/mol. The highest BCUT2D eigenvalue weighted by Gasteiger charge is 2.27. The molecule has 292 valence electrons. The summed E-state index contributed by atoms with van der Waals surface area (Å²) in [4.78, 5) is 23.1. The Morgan fingerprint density at radius 1 is 0.780 bits per heavy atom. The number of hydrogen-bond donors (Lipinski definition) is 0. The first kappa shape index (κ1) is 56.7. The summed E-state index contributed by atoms with van der Waals surface area (Å²) in [5, 5.41) is 0. The molecule has 0 amide bonds. The van der Waals surface area contributed by atoms with Gasteiger partial charge in [-0.1, -0.05) is 158 Å². The van der Waals surface area contributed by atoms with E-state index in [4.69, 9.17) is 4.74 Å². The molecule has 1 unspecified atom stereocenters. The summed E-state index contributed by atoms with van der Waals surface area (Å²) in [6.07, 6.45) is 12.7. The number of ether oxygens (including phenoxy) is 1. The molecule has 0 saturated heterocycles. The minimum Gasteiger partial charge on any atom is -0.382 e. The highest BCUT2D eigenvalue weighted by molar-refractivity contribution is 5.84. The molecule has 3 nitrogen and oxygen atoms in total. The molecule has 0 aliphatic heterocycles. The lowest BCUT2D eigenvalue weighted by Crippen LogP contribution is -2.17. The smallest absolute Gasteiger partial charge is 0.251 e. The van der Waals surface area contributed by atoms with Crippen LogP contribution >= 0.6 is 0 Å². The van der Waals surface area contributed by atoms with Gasteiger partial charge in [0.15, 0.2) is 0 Å². The van der Waals surface area contributed by atoms with Gasteiger partial charge in [0.05, 0.1) is 0 Å². The van der Waals surface area contributed by atoms with Crippen LogP contribution in [0.15, 0.2) is 60.5 Å². The second kappa shape index (κ2) is 36.2. The molecule has 0 rings (SSSR count). The van der Waals surface area contributed by atoms with E-state index in [1.165, 1.54) is 12.0 Å². The Morgan fingerprint density at radius 2 is 1.24 bits per heavy atom. The number of ketones is 2. The standard InChI is InChI=1S/C14H24O.C13H20O.C10H15F3.C4H10O.C3H8/c1-10(2)7-8-12(5)9-13(6)14(15)11(3)4;1-10(2)8-6-7-9-12(5)13(14)11(3)4;1-8(2)7-10(12,13)6-4-5-9(3)11;1-3-5-4-2;1-3-2/h7-11,13H,1-6H3;7,9-12H,1-5H3;4-5,8H,3,6-7H2,1-2H3;3-4H2,1-2H3;3H2,1-2H3/b8-7+,12-9+;9-7+;5-4+;;/t13-;;;;/m1..../s1. The van der Waals surface area contributed by atoms with E-state index in [2.05, 4.69) is 58.3 Å². The van der Waals surface area contributed by atoms with Gasteiger partial charge in [0.2, 0.25) is 0 Å². The molecule has 0 fully saturated rings. The van der Waals surface area contributed by atoms with Crippen molar-refractivity contribution in [2.24, 2.45) is 41.4 Å². The van der Waals surface area contributed by atoms with Crippen molar-refractivity contribution in [3.05, 3.63) is 60.5 Å². The summed E-state index contributed by atoms with van der Waals surface area (Å²) < 4.78 is 42.7. The van der Waals surface area contributed by atoms with Crippen LogP contribution in [0.25, 0.3) is 0 Å². The first-order valence-corrected chi connectivity index (χ1v) is 18.5. The van der Waals surface area contributed by atoms with Crippen LogP contribution in [0, 0.1) is 53.3 Å². The lowest BCUT2D eigenvalue weighted by molar-refractivity contribution is -0.124. The van der Waals surface area contributed by atoms with Gasteiger partial charge in [0.1, 0.15) is 17.4 Å². The molecule has 0 aromatic heterocycles. The zero-order chi connectivity index (χ0) is 40.5. The summed E-state index contributed by atoms with van der Waals surface area (Å²) >= 11 is 0. The fraction of sp³-hybridized carbons (Fsp3) is 0.682. The highest BCUT2D eigenvalue weighted by Crippen LogP contribution is 2.27. The van der Waals surface area contributed by atoms with E-state index in [1.54, 1.807) is 19.9 Å². The van der Waals surface area contributed by atoms with E-state index in [9.17, 15) is 22.8 Å². The van der Waals surface area contributed by atoms with Crippen LogP contribution in [0.2, 0.25) is 0 Å². The van der Waals surface area contributed by atoms with E-state index in [1.807, 2.05) is 88.3 Å². The van der Waals surface area contributed by atoms with E-state index in [0.717, 1.165) is 25.4 Å². The quantitative estimate of drug-likeness (QED) is 0.125. The van der Waals surface area contributed by atoms with Crippen LogP contribution in [-0.2, 0) is 14.3 Å². The van der Waals surface area contributed by atoms with Crippen LogP contribution in [0.1, 0.15) is 137 Å². The number of Topliss-reactive ketones (excluding diaryl/α,β-unsaturated/α-hetero) is 2. The lowest BCUT2D eigenvalue weighted by Gasteiger charge is -2.16. The number of allylic oxidation sites excluding steroid dienone is 9. The summed E-state index contributed by atoms with van der Waals surface area (Å²) in [5.41, 5.74) is 1.17. The van der Waals surface area contributed by atoms with Crippen molar-refractivity contribution in [1.29, 1.82) is 0 Å². The Kier molecular flexibility index (Phi) is 41.0. The summed E-state index contributed by atoms with van der Waals surface area (Å²) in [6, 6.07) is 0. The molecule has 0 aromatic rings. The van der Waals surface area contributed by atoms with Gasteiger partial charge in [-0.2, -0.15) is 0 Å². The monoisotopic (exact) mass is 711 g/mol. The maximum Gasteiger partial charge on any atom is 0.251 e. The number of hydrogen-bond acceptors (Lipinski definition) is 3.